The van der Waals surface area contributed by atoms with Crippen LogP contribution in [0.3, 0.4) is 0 Å². The zero-order valence-electron chi connectivity index (χ0n) is 20.2. The molecule has 0 radical (unpaired) electrons. The Hall–Kier alpha value is -3.73. The molecule has 0 aliphatic carbocycles. The Labute approximate surface area is 200 Å². The van der Waals surface area contributed by atoms with E-state index in [1.807, 2.05) is 48.5 Å². The number of aromatic nitrogens is 1. The fraction of sp³-hybridized carbons (Fsp3) is 0.276. The molecule has 0 spiro atoms. The van der Waals surface area contributed by atoms with Crippen molar-refractivity contribution >= 4 is 16.9 Å². The molecule has 176 valence electrons. The number of benzene rings is 3. The predicted molar refractivity (Wildman–Crippen MR) is 135 cm³/mol. The van der Waals surface area contributed by atoms with Crippen molar-refractivity contribution in [2.24, 2.45) is 0 Å². The Kier molecular flexibility index (Phi) is 6.92. The first-order valence-corrected chi connectivity index (χ1v) is 11.5. The molecule has 0 unspecified atom stereocenters. The molecule has 4 rings (SSSR count). The minimum Gasteiger partial charge on any atom is -0.492 e. The Balaban J connectivity index is 1.40. The average Bonchev–Trinajstić information content (AvgIpc) is 3.24. The Morgan fingerprint density at radius 1 is 0.882 bits per heavy atom. The molecule has 0 bridgehead atoms. The minimum absolute atomic E-state index is 0.129. The van der Waals surface area contributed by atoms with Gasteiger partial charge in [-0.1, -0.05) is 51.1 Å². The van der Waals surface area contributed by atoms with Gasteiger partial charge in [0.05, 0.1) is 24.7 Å². The third kappa shape index (κ3) is 5.42. The monoisotopic (exact) mass is 457 g/mol. The first-order valence-electron chi connectivity index (χ1n) is 11.5. The largest absolute Gasteiger partial charge is 0.492 e. The van der Waals surface area contributed by atoms with E-state index in [1.54, 1.807) is 6.07 Å². The van der Waals surface area contributed by atoms with E-state index in [-0.39, 0.29) is 18.0 Å². The van der Waals surface area contributed by atoms with Crippen LogP contribution in [0.1, 0.15) is 42.3 Å². The maximum Gasteiger partial charge on any atom is 0.338 e. The number of methoxy groups -OCH3 is 1. The number of nitrogens with zero attached hydrogens (tertiary/aromatic N) is 1. The van der Waals surface area contributed by atoms with Crippen LogP contribution >= 0.6 is 0 Å². The van der Waals surface area contributed by atoms with Gasteiger partial charge in [0.2, 0.25) is 0 Å². The predicted octanol–water partition coefficient (Wildman–Crippen LogP) is 6.38. The fourth-order valence-electron chi connectivity index (χ4n) is 3.88. The van der Waals surface area contributed by atoms with E-state index in [2.05, 4.69) is 49.7 Å². The van der Waals surface area contributed by atoms with E-state index in [0.29, 0.717) is 12.2 Å². The van der Waals surface area contributed by atoms with Crippen molar-refractivity contribution in [3.8, 4) is 11.5 Å². The van der Waals surface area contributed by atoms with Gasteiger partial charge in [-0.2, -0.15) is 0 Å². The van der Waals surface area contributed by atoms with Gasteiger partial charge >= 0.3 is 5.97 Å². The van der Waals surface area contributed by atoms with Crippen LogP contribution in [0.5, 0.6) is 11.5 Å². The summed E-state index contributed by atoms with van der Waals surface area (Å²) in [6.45, 7) is 8.18. The standard InChI is InChI=1S/C29H31NO4/c1-29(2,3)23-10-13-24(14-11-23)33-18-17-30-16-15-21-9-12-25(19-27(21)30)34-20-22-7-5-6-8-26(22)28(31)32-4/h5-16,19H,17-18,20H2,1-4H3. The van der Waals surface area contributed by atoms with Crippen LogP contribution in [0.2, 0.25) is 0 Å². The summed E-state index contributed by atoms with van der Waals surface area (Å²) in [7, 11) is 1.38. The Morgan fingerprint density at radius 3 is 2.35 bits per heavy atom. The molecular formula is C29H31NO4. The Bertz CT molecular complexity index is 1270. The molecule has 0 saturated carbocycles. The first-order chi connectivity index (χ1) is 16.3. The lowest BCUT2D eigenvalue weighted by Gasteiger charge is -2.19. The van der Waals surface area contributed by atoms with Crippen molar-refractivity contribution in [3.63, 3.8) is 0 Å². The number of carbonyl (C=O) groups excluding carboxylic acids is 1. The van der Waals surface area contributed by atoms with E-state index in [0.717, 1.165) is 34.5 Å². The molecule has 0 saturated heterocycles. The van der Waals surface area contributed by atoms with E-state index < -0.39 is 0 Å². The highest BCUT2D eigenvalue weighted by molar-refractivity contribution is 5.91. The van der Waals surface area contributed by atoms with Gasteiger partial charge in [0.1, 0.15) is 24.7 Å². The van der Waals surface area contributed by atoms with Crippen LogP contribution < -0.4 is 9.47 Å². The van der Waals surface area contributed by atoms with Gasteiger partial charge in [-0.05, 0) is 52.8 Å². The molecule has 0 fully saturated rings. The zero-order chi connectivity index (χ0) is 24.1. The maximum atomic E-state index is 12.0. The van der Waals surface area contributed by atoms with Crippen molar-refractivity contribution < 1.29 is 19.0 Å². The van der Waals surface area contributed by atoms with Gasteiger partial charge in [-0.15, -0.1) is 0 Å². The lowest BCUT2D eigenvalue weighted by molar-refractivity contribution is 0.0597. The molecule has 0 amide bonds. The maximum absolute atomic E-state index is 12.0. The smallest absolute Gasteiger partial charge is 0.338 e. The SMILES string of the molecule is COC(=O)c1ccccc1COc1ccc2ccn(CCOc3ccc(C(C)(C)C)cc3)c2c1. The molecule has 5 heteroatoms. The van der Waals surface area contributed by atoms with Crippen molar-refractivity contribution in [3.05, 3.63) is 95.7 Å². The van der Waals surface area contributed by atoms with Gasteiger partial charge in [-0.25, -0.2) is 4.79 Å². The van der Waals surface area contributed by atoms with Crippen LogP contribution in [0.4, 0.5) is 0 Å². The third-order valence-electron chi connectivity index (χ3n) is 5.88. The molecule has 1 aromatic heterocycles. The molecule has 0 aliphatic heterocycles. The van der Waals surface area contributed by atoms with E-state index in [9.17, 15) is 4.79 Å². The number of carbonyl (C=O) groups is 1. The quantitative estimate of drug-likeness (QED) is 0.288. The van der Waals surface area contributed by atoms with Crippen molar-refractivity contribution in [1.29, 1.82) is 0 Å². The first kappa shape index (κ1) is 23.4. The molecule has 1 heterocycles. The second-order valence-electron chi connectivity index (χ2n) is 9.29. The van der Waals surface area contributed by atoms with Crippen LogP contribution in [-0.4, -0.2) is 24.3 Å². The summed E-state index contributed by atoms with van der Waals surface area (Å²) in [6.07, 6.45) is 2.06. The summed E-state index contributed by atoms with van der Waals surface area (Å²) in [5.74, 6) is 1.25. The molecule has 0 N–H and O–H groups in total. The van der Waals surface area contributed by atoms with Crippen LogP contribution in [0.15, 0.2) is 79.0 Å². The normalized spacial score (nSPS) is 11.4. The second kappa shape index (κ2) is 10.0. The van der Waals surface area contributed by atoms with E-state index in [4.69, 9.17) is 14.2 Å². The molecule has 34 heavy (non-hydrogen) atoms. The molecular weight excluding hydrogens is 426 g/mol. The van der Waals surface area contributed by atoms with Crippen LogP contribution in [0.25, 0.3) is 10.9 Å². The number of fused-ring (bicyclic) bond motifs is 1. The minimum atomic E-state index is -0.364. The number of ether oxygens (including phenoxy) is 3. The Morgan fingerprint density at radius 2 is 1.62 bits per heavy atom. The van der Waals surface area contributed by atoms with Gasteiger partial charge in [0.15, 0.2) is 0 Å². The van der Waals surface area contributed by atoms with Gasteiger partial charge in [0, 0.05) is 17.8 Å². The molecule has 5 nitrogen and oxygen atoms in total. The molecule has 0 atom stereocenters. The summed E-state index contributed by atoms with van der Waals surface area (Å²) >= 11 is 0. The topological polar surface area (TPSA) is 49.7 Å². The van der Waals surface area contributed by atoms with Gasteiger partial charge < -0.3 is 18.8 Å². The highest BCUT2D eigenvalue weighted by atomic mass is 16.5. The van der Waals surface area contributed by atoms with Crippen LogP contribution in [-0.2, 0) is 23.3 Å². The van der Waals surface area contributed by atoms with Crippen molar-refractivity contribution in [2.75, 3.05) is 13.7 Å². The summed E-state index contributed by atoms with van der Waals surface area (Å²) in [5.41, 5.74) is 3.80. The molecule has 4 aromatic rings. The third-order valence-corrected chi connectivity index (χ3v) is 5.88. The number of hydrogen-bond acceptors (Lipinski definition) is 4. The molecule has 0 aliphatic rings. The summed E-state index contributed by atoms with van der Waals surface area (Å²) in [4.78, 5) is 12.0. The highest BCUT2D eigenvalue weighted by Crippen LogP contribution is 2.25. The summed E-state index contributed by atoms with van der Waals surface area (Å²) in [6, 6.07) is 23.7. The number of rotatable bonds is 8. The average molecular weight is 458 g/mol. The summed E-state index contributed by atoms with van der Waals surface area (Å²) < 4.78 is 19.0. The van der Waals surface area contributed by atoms with E-state index >= 15 is 0 Å². The lowest BCUT2D eigenvalue weighted by Crippen LogP contribution is -2.11. The lowest BCUT2D eigenvalue weighted by atomic mass is 9.87. The van der Waals surface area contributed by atoms with E-state index in [1.165, 1.54) is 12.7 Å². The van der Waals surface area contributed by atoms with Crippen molar-refractivity contribution in [1.82, 2.24) is 4.57 Å². The summed E-state index contributed by atoms with van der Waals surface area (Å²) in [5, 5.41) is 1.14. The zero-order valence-corrected chi connectivity index (χ0v) is 20.2. The number of esters is 1. The fourth-order valence-corrected chi connectivity index (χ4v) is 3.88. The van der Waals surface area contributed by atoms with Gasteiger partial charge in [-0.3, -0.25) is 0 Å². The van der Waals surface area contributed by atoms with Gasteiger partial charge in [0.25, 0.3) is 0 Å². The molecule has 3 aromatic carbocycles. The van der Waals surface area contributed by atoms with Crippen LogP contribution in [0, 0.1) is 0 Å². The second-order valence-corrected chi connectivity index (χ2v) is 9.29. The number of hydrogen-bond donors (Lipinski definition) is 0. The highest BCUT2D eigenvalue weighted by Gasteiger charge is 2.13. The van der Waals surface area contributed by atoms with Crippen molar-refractivity contribution in [2.45, 2.75) is 39.3 Å².